The number of nitrogens with one attached hydrogen (secondary N) is 2. The smallest absolute Gasteiger partial charge is 0.294 e. The monoisotopic (exact) mass is 935 g/mol. The van der Waals surface area contributed by atoms with Crippen molar-refractivity contribution in [3.05, 3.63) is 148 Å². The van der Waals surface area contributed by atoms with Crippen LogP contribution in [0.15, 0.2) is 119 Å². The first-order valence-electron chi connectivity index (χ1n) is 21.7. The maximum absolute atomic E-state index is 9.86. The molecule has 0 saturated carbocycles. The minimum Gasteiger partial charge on any atom is -0.492 e. The minimum atomic E-state index is -0.258. The van der Waals surface area contributed by atoms with E-state index in [9.17, 15) is 10.5 Å². The minimum absolute atomic E-state index is 0.218. The van der Waals surface area contributed by atoms with E-state index in [-0.39, 0.29) is 16.9 Å². The molecule has 4 heterocycles. The zero-order valence-corrected chi connectivity index (χ0v) is 40.7. The molecule has 350 valence electrons. The van der Waals surface area contributed by atoms with E-state index in [1.54, 1.807) is 13.3 Å². The third-order valence-electron chi connectivity index (χ3n) is 11.3. The summed E-state index contributed by atoms with van der Waals surface area (Å²) in [6.45, 7) is 20.8. The van der Waals surface area contributed by atoms with Crippen molar-refractivity contribution >= 4 is 42.6 Å². The summed E-state index contributed by atoms with van der Waals surface area (Å²) in [5.74, 6) is 3.50. The Labute approximate surface area is 400 Å². The molecule has 1 aliphatic carbocycles. The van der Waals surface area contributed by atoms with Crippen LogP contribution in [0.4, 0.5) is 11.7 Å². The Bertz CT molecular complexity index is 2360. The number of nitrogens with zero attached hydrogens (tertiary/aromatic N) is 3. The van der Waals surface area contributed by atoms with Crippen molar-refractivity contribution in [2.24, 2.45) is 0 Å². The molecule has 0 saturated heterocycles. The number of halogens is 1. The van der Waals surface area contributed by atoms with Gasteiger partial charge >= 0.3 is 0 Å². The van der Waals surface area contributed by atoms with Crippen LogP contribution in [-0.2, 0) is 50.7 Å². The van der Waals surface area contributed by atoms with Gasteiger partial charge in [0.05, 0.1) is 48.8 Å². The molecule has 4 aliphatic rings. The first-order valence-corrected chi connectivity index (χ1v) is 22.6. The van der Waals surface area contributed by atoms with Crippen molar-refractivity contribution in [3.63, 3.8) is 0 Å². The van der Waals surface area contributed by atoms with Gasteiger partial charge in [0.1, 0.15) is 48.7 Å². The molecule has 8 rings (SSSR count). The summed E-state index contributed by atoms with van der Waals surface area (Å²) in [5, 5.41) is 25.7. The van der Waals surface area contributed by atoms with Gasteiger partial charge in [0.2, 0.25) is 0 Å². The number of aromatic nitrogens is 1. The third-order valence-corrected chi connectivity index (χ3v) is 11.5. The Balaban J connectivity index is 0.000000326. The number of benzene rings is 3. The molecule has 3 aromatic carbocycles. The fourth-order valence-corrected chi connectivity index (χ4v) is 7.39. The number of allylic oxidation sites excluding steroid dienone is 4. The second kappa shape index (κ2) is 27.3. The lowest BCUT2D eigenvalue weighted by atomic mass is 9.74. The van der Waals surface area contributed by atoms with E-state index in [1.807, 2.05) is 56.2 Å². The van der Waals surface area contributed by atoms with E-state index in [0.717, 1.165) is 82.3 Å². The van der Waals surface area contributed by atoms with Gasteiger partial charge in [0.15, 0.2) is 12.5 Å². The molecule has 66 heavy (non-hydrogen) atoms. The van der Waals surface area contributed by atoms with E-state index >= 15 is 0 Å². The Kier molecular flexibility index (Phi) is 22.4. The summed E-state index contributed by atoms with van der Waals surface area (Å²) in [6, 6.07) is 25.8. The van der Waals surface area contributed by atoms with Crippen molar-refractivity contribution in [1.82, 2.24) is 4.98 Å². The average molecular weight is 937 g/mol. The average Bonchev–Trinajstić information content (AvgIpc) is 3.83. The van der Waals surface area contributed by atoms with Gasteiger partial charge in [0.25, 0.3) is 6.01 Å². The molecule has 14 heteroatoms. The van der Waals surface area contributed by atoms with Crippen LogP contribution >= 0.6 is 11.6 Å². The molecule has 0 spiro atoms. The summed E-state index contributed by atoms with van der Waals surface area (Å²) < 4.78 is 36.6. The second-order valence-corrected chi connectivity index (χ2v) is 16.6. The molecule has 1 atom stereocenters. The first kappa shape index (κ1) is 54.1. The van der Waals surface area contributed by atoms with Crippen molar-refractivity contribution < 1.29 is 32.4 Å². The van der Waals surface area contributed by atoms with Crippen molar-refractivity contribution in [1.29, 1.82) is 10.5 Å². The van der Waals surface area contributed by atoms with Crippen LogP contribution in [0.25, 0.3) is 0 Å². The second-order valence-electron chi connectivity index (χ2n) is 16.2. The molecule has 0 amide bonds. The van der Waals surface area contributed by atoms with E-state index < -0.39 is 0 Å². The highest BCUT2D eigenvalue weighted by Crippen LogP contribution is 2.39. The summed E-state index contributed by atoms with van der Waals surface area (Å²) in [4.78, 5) is 12.2. The maximum Gasteiger partial charge on any atom is 0.294 e. The predicted molar refractivity (Wildman–Crippen MR) is 263 cm³/mol. The standard InChI is InChI=1S/C28H34N2O2.C23H26ClN3O3.CH2O.OS/c1-6-21-16-24-17-22(18-29)27(21)31-15-9-8-10-20(3)32-26(7-2)19-30-25-13-11-23(12-14-25)28(24,4)5;1-23(2,18-6-9-21(28-11-10-24)16(12-18)13-25)17-4-7-20(8-5-17)29-14-19-15-30-22(26-3)27-19;2*1-2/h7,11-14,16-17,30H,3,6,8-10,15,19H2,1-2,4-5H3;4-8,12,15,21H,9-11,14H2,1-3H3,(H,26,27);1H2;/b26-7-;;;. The third kappa shape index (κ3) is 14.9. The number of fused-ring (bicyclic) bond motifs is 2. The van der Waals surface area contributed by atoms with Crippen molar-refractivity contribution in [2.75, 3.05) is 43.3 Å². The molecule has 4 bridgehead atoms. The number of hydrogen-bond donors (Lipinski definition) is 2. The Morgan fingerprint density at radius 3 is 2.38 bits per heavy atom. The van der Waals surface area contributed by atoms with E-state index in [2.05, 4.69) is 118 Å². The molecule has 2 N–H and O–H groups in total. The van der Waals surface area contributed by atoms with Crippen molar-refractivity contribution in [3.8, 4) is 23.6 Å². The van der Waals surface area contributed by atoms with E-state index in [4.69, 9.17) is 44.0 Å². The number of rotatable bonds is 10. The lowest BCUT2D eigenvalue weighted by Gasteiger charge is -2.31. The number of nitriles is 2. The lowest BCUT2D eigenvalue weighted by Crippen LogP contribution is -2.25. The largest absolute Gasteiger partial charge is 0.492 e. The zero-order valence-electron chi connectivity index (χ0n) is 39.1. The number of aryl methyl sites for hydroxylation is 1. The van der Waals surface area contributed by atoms with Gasteiger partial charge in [-0.25, -0.2) is 0 Å². The SMILES string of the molecule is C=C1CCCCOc2c(C#N)cc(cc2CC)C(C)(C)c2ccc(cc2)NC/C(=C/C)O1.C=O.CNc1nc(COc2ccc(C(C)(C)C3=CCC(OCCCl)C(C#N)=C3)cc2)co1.O=S. The normalized spacial score (nSPS) is 16.3. The van der Waals surface area contributed by atoms with Gasteiger partial charge in [-0.15, -0.1) is 11.6 Å². The predicted octanol–water partition coefficient (Wildman–Crippen LogP) is 11.3. The van der Waals surface area contributed by atoms with Gasteiger partial charge in [-0.05, 0) is 103 Å². The van der Waals surface area contributed by atoms with Crippen LogP contribution in [0.1, 0.15) is 101 Å². The number of carbonyl (C=O) groups is 1. The Morgan fingerprint density at radius 1 is 1.06 bits per heavy atom. The summed E-state index contributed by atoms with van der Waals surface area (Å²) >= 11 is 8.54. The maximum atomic E-state index is 9.86. The van der Waals surface area contributed by atoms with Gasteiger partial charge in [0, 0.05) is 35.9 Å². The van der Waals surface area contributed by atoms with E-state index in [1.165, 1.54) is 5.56 Å². The summed E-state index contributed by atoms with van der Waals surface area (Å²) in [5.41, 5.74) is 8.12. The summed E-state index contributed by atoms with van der Waals surface area (Å²) in [7, 11) is 1.75. The van der Waals surface area contributed by atoms with E-state index in [0.29, 0.717) is 55.8 Å². The van der Waals surface area contributed by atoms with Crippen LogP contribution in [0.3, 0.4) is 0 Å². The van der Waals surface area contributed by atoms with Crippen LogP contribution < -0.4 is 20.1 Å². The molecular weight excluding hydrogens is 874 g/mol. The molecule has 0 fully saturated rings. The number of hydrogen-bond acceptors (Lipinski definition) is 13. The Hall–Kier alpha value is -6.25. The fourth-order valence-electron chi connectivity index (χ4n) is 7.30. The van der Waals surface area contributed by atoms with Crippen molar-refractivity contribution in [2.45, 2.75) is 97.2 Å². The number of alkyl halides is 1. The first-order chi connectivity index (χ1) is 31.9. The van der Waals surface area contributed by atoms with Crippen LogP contribution in [-0.4, -0.2) is 54.8 Å². The molecule has 4 aromatic rings. The zero-order chi connectivity index (χ0) is 48.7. The lowest BCUT2D eigenvalue weighted by molar-refractivity contribution is -0.0980. The van der Waals surface area contributed by atoms with Crippen LogP contribution in [0.2, 0.25) is 0 Å². The molecule has 0 radical (unpaired) electrons. The highest BCUT2D eigenvalue weighted by Gasteiger charge is 2.30. The molecule has 12 nitrogen and oxygen atoms in total. The molecule has 3 aliphatic heterocycles. The van der Waals surface area contributed by atoms with Gasteiger partial charge in [-0.2, -0.15) is 19.7 Å². The van der Waals surface area contributed by atoms with Crippen LogP contribution in [0.5, 0.6) is 11.5 Å². The fraction of sp³-hybridized carbons (Fsp3) is 0.385. The highest BCUT2D eigenvalue weighted by atomic mass is 35.5. The molecule has 1 unspecified atom stereocenters. The number of oxazole rings is 1. The molecule has 1 aromatic heterocycles. The topological polar surface area (TPSA) is 169 Å². The van der Waals surface area contributed by atoms with Crippen LogP contribution in [0, 0.1) is 22.7 Å². The number of anilines is 2. The van der Waals surface area contributed by atoms with Gasteiger partial charge in [-0.3, -0.25) is 0 Å². The van der Waals surface area contributed by atoms with Gasteiger partial charge in [-0.1, -0.05) is 77.6 Å². The number of ether oxygens (including phenoxy) is 4. The number of carbonyl (C=O) groups excluding carboxylic acids is 1. The Morgan fingerprint density at radius 2 is 1.77 bits per heavy atom. The van der Waals surface area contributed by atoms with Gasteiger partial charge < -0.3 is 38.8 Å². The quantitative estimate of drug-likeness (QED) is 0.144. The summed E-state index contributed by atoms with van der Waals surface area (Å²) in [6.07, 6.45) is 11.5. The highest BCUT2D eigenvalue weighted by molar-refractivity contribution is 7.44. The molecular formula is C52H62ClN5O7S.